The van der Waals surface area contributed by atoms with Gasteiger partial charge in [0.15, 0.2) is 12.4 Å². The molecule has 11 aromatic rings. The molecule has 5 saturated heterocycles. The summed E-state index contributed by atoms with van der Waals surface area (Å²) in [6, 6.07) is 23.1. The predicted octanol–water partition coefficient (Wildman–Crippen LogP) is 10.9. The van der Waals surface area contributed by atoms with Crippen LogP contribution in [0.4, 0.5) is 44.4 Å². The maximum atomic E-state index is 12.4. The lowest BCUT2D eigenvalue weighted by atomic mass is 10.1. The summed E-state index contributed by atoms with van der Waals surface area (Å²) in [5.74, 6) is 4.86. The van der Waals surface area contributed by atoms with Gasteiger partial charge in [0.2, 0.25) is 20.0 Å². The number of fused-ring (bicyclic) bond motifs is 5. The molecule has 5 aliphatic heterocycles. The molecule has 6 aromatic heterocycles. The Kier molecular flexibility index (Phi) is 39.4. The second-order valence-electron chi connectivity index (χ2n) is 36.2. The molecule has 0 unspecified atom stereocenters. The van der Waals surface area contributed by atoms with E-state index in [4.69, 9.17) is 14.6 Å². The number of nitrogens with one attached hydrogen (secondary N) is 2. The number of aromatic nitrogens is 11. The van der Waals surface area contributed by atoms with Crippen LogP contribution in [0.3, 0.4) is 0 Å². The Labute approximate surface area is 823 Å². The molecular weight excluding hydrogens is 1900 g/mol. The zero-order valence-electron chi connectivity index (χ0n) is 81.3. The first-order valence-corrected chi connectivity index (χ1v) is 51.3. The summed E-state index contributed by atoms with van der Waals surface area (Å²) < 4.78 is 111. The van der Waals surface area contributed by atoms with Gasteiger partial charge in [-0.15, -0.1) is 45.6 Å². The van der Waals surface area contributed by atoms with E-state index in [0.717, 1.165) is 166 Å². The third-order valence-corrected chi connectivity index (χ3v) is 28.3. The lowest BCUT2D eigenvalue weighted by Crippen LogP contribution is -2.52. The topological polar surface area (TPSA) is 445 Å². The smallest absolute Gasteiger partial charge is 0.474 e. The quantitative estimate of drug-likeness (QED) is 0.0751. The number of amides is 2. The van der Waals surface area contributed by atoms with Crippen LogP contribution in [0.5, 0.6) is 11.5 Å². The molecule has 137 heavy (non-hydrogen) atoms. The summed E-state index contributed by atoms with van der Waals surface area (Å²) in [5, 5.41) is 33.3. The molecule has 16 rings (SSSR count). The number of carbonyl (C=O) groups excluding carboxylic acids is 2. The van der Waals surface area contributed by atoms with Crippen LogP contribution in [0.15, 0.2) is 117 Å². The van der Waals surface area contributed by atoms with E-state index >= 15 is 0 Å². The molecule has 748 valence electrons. The predicted molar refractivity (Wildman–Crippen MR) is 548 cm³/mol. The number of hydrogen-bond acceptors (Lipinski definition) is 31. The Bertz CT molecular complexity index is 6180. The number of nitrogens with two attached hydrogens (primary N) is 1. The van der Waals surface area contributed by atoms with Gasteiger partial charge in [0, 0.05) is 195 Å². The normalized spacial score (nSPS) is 15.8. The number of anilines is 6. The molecule has 45 heteroatoms. The van der Waals surface area contributed by atoms with Gasteiger partial charge in [0.05, 0.1) is 40.1 Å². The van der Waals surface area contributed by atoms with E-state index < -0.39 is 57.8 Å². The molecule has 0 saturated carbocycles. The Morgan fingerprint density at radius 1 is 0.394 bits per heavy atom. The zero-order chi connectivity index (χ0) is 97.5. The van der Waals surface area contributed by atoms with Gasteiger partial charge in [-0.25, -0.2) is 90.0 Å². The highest BCUT2D eigenvalue weighted by molar-refractivity contribution is 7.88. The number of aryl methyl sites for hydroxylation is 8. The second kappa shape index (κ2) is 48.3. The highest BCUT2D eigenvalue weighted by Crippen LogP contribution is 2.35. The van der Waals surface area contributed by atoms with Crippen molar-refractivity contribution in [2.75, 3.05) is 187 Å². The fourth-order valence-electron chi connectivity index (χ4n) is 15.8. The monoisotopic (exact) mass is 2030 g/mol. The van der Waals surface area contributed by atoms with Crippen LogP contribution >= 0.6 is 37.2 Å². The first kappa shape index (κ1) is 112. The van der Waals surface area contributed by atoms with Crippen molar-refractivity contribution in [3.8, 4) is 11.5 Å². The van der Waals surface area contributed by atoms with E-state index in [0.29, 0.717) is 96.0 Å². The van der Waals surface area contributed by atoms with Gasteiger partial charge >= 0.3 is 22.4 Å². The van der Waals surface area contributed by atoms with Gasteiger partial charge < -0.3 is 59.3 Å². The van der Waals surface area contributed by atoms with Gasteiger partial charge in [-0.3, -0.25) is 0 Å². The number of hydrogen-bond donors (Lipinski definition) is 5. The summed E-state index contributed by atoms with van der Waals surface area (Å²) in [4.78, 5) is 82.3. The molecule has 0 bridgehead atoms. The summed E-state index contributed by atoms with van der Waals surface area (Å²) in [6.07, 6.45) is 16.1. The Hall–Kier alpha value is -10.6. The molecule has 2 amide bonds. The number of halogens is 3. The molecule has 6 N–H and O–H groups in total. The lowest BCUT2D eigenvalue weighted by molar-refractivity contribution is -0.512. The Balaban J connectivity index is 0.000000201. The molecule has 0 spiro atoms. The van der Waals surface area contributed by atoms with E-state index in [1.165, 1.54) is 84.9 Å². The largest absolute Gasteiger partial charge is 0.508 e. The number of nitrogens with zero attached hydrogens (tertiary/aromatic N) is 21. The number of aromatic hydroxyl groups is 2. The maximum absolute atomic E-state index is 12.4. The number of phenolic OH excluding ortho intramolecular Hbond substituents is 2. The SMILES string of the molecule is CN(C)c1cc[n+](S(=O)(=O)NC(=O)OC(C)(C)C)cc1.Cc1cc2c(N3CCCN(S(C)(=O)=O)CC3)ncnc2cc1O.Cc1cc2c(N3CCCN(S(N)(=O)=O)CC3)ncnc2cc1O.Cc1cc2ncnc(N3CCCN(C(=O)OC(C)(C)C)CC3)c2cc1C.Cc1cc2ncnc(N3CCCN(S(C)(=O)=O)CC3)c2cc1C.Cc1cc2ncnc(N3CCCNCC3)c2cc1C.Cl.Cl.Cl. The molecule has 5 aromatic carbocycles. The van der Waals surface area contributed by atoms with Crippen molar-refractivity contribution in [2.24, 2.45) is 5.14 Å². The van der Waals surface area contributed by atoms with Crippen LogP contribution in [-0.2, 0) is 49.9 Å². The number of ether oxygens (including phenoxy) is 2. The number of pyridine rings is 1. The summed E-state index contributed by atoms with van der Waals surface area (Å²) in [5.41, 5.74) is 12.9. The average molecular weight is 2030 g/mol. The van der Waals surface area contributed by atoms with Crippen LogP contribution in [0, 0.1) is 55.4 Å². The number of rotatable bonds is 11. The first-order valence-electron chi connectivity index (χ1n) is 44.7. The molecular formula is C92H132Cl3N24O14S4+. The van der Waals surface area contributed by atoms with E-state index in [1.807, 2.05) is 75.4 Å². The third kappa shape index (κ3) is 30.7. The van der Waals surface area contributed by atoms with E-state index in [9.17, 15) is 53.5 Å². The van der Waals surface area contributed by atoms with E-state index in [1.54, 1.807) is 73.2 Å². The van der Waals surface area contributed by atoms with Crippen LogP contribution in [0.2, 0.25) is 0 Å². The molecule has 5 aliphatic rings. The first-order chi connectivity index (χ1) is 63.1. The molecule has 11 heterocycles. The fourth-order valence-corrected chi connectivity index (χ4v) is 19.1. The fraction of sp³-hybridized carbons (Fsp3) is 0.489. The standard InChI is InChI=1S/C20H28N4O2.C16H22N4O2S.C15H20N4O3S.C15H20N4.C14H19N5O3S.C12H19N3O4S.3ClH/c1-14-11-16-17(12-15(14)2)21-13-22-18(16)23-7-6-8-24(10-9-23)19(25)26-20(3,4)5;1-12-9-14-15(10-13(12)2)17-11-18-16(14)19-5-4-6-20(8-7-19)23(3,21)22;1-11-8-12-13(9-14(11)20)16-10-17-15(12)18-4-3-5-19(7-6-18)23(2,21)22;1-11-8-13-14(9-12(11)2)17-10-18-15(13)19-6-3-4-16-5-7-19;1-10-7-11-12(8-13(10)20)16-9-17-14(11)18-3-2-4-19(6-5-18)23(15,21)22;1-12(2,3)19-11(16)13-20(17,18)15-8-6-10(7-9-15)14(4)5;;;/h11-13H,6-10H2,1-5H3;9-11H,4-8H2,1-3H3;8-10,20H,3-7H2,1-2H3;8-10,16H,3-7H2,1-2H3;7-9,20H,2-6H2,1H3,(H2,15,21,22);6-9H,1-5H3;3*1H/p+1. The van der Waals surface area contributed by atoms with Gasteiger partial charge in [-0.1, -0.05) is 3.97 Å². The molecule has 5 fully saturated rings. The molecule has 0 aliphatic carbocycles. The van der Waals surface area contributed by atoms with Crippen LogP contribution in [0.1, 0.15) is 118 Å². The van der Waals surface area contributed by atoms with Crippen molar-refractivity contribution in [2.45, 2.75) is 140 Å². The zero-order valence-corrected chi connectivity index (χ0v) is 87.0. The van der Waals surface area contributed by atoms with Crippen LogP contribution in [-0.4, -0.2) is 292 Å². The Morgan fingerprint density at radius 3 is 1.04 bits per heavy atom. The van der Waals surface area contributed by atoms with Gasteiger partial charge in [-0.05, 0) is 229 Å². The second-order valence-corrected chi connectivity index (χ2v) is 43.3. The van der Waals surface area contributed by atoms with E-state index in [2.05, 4.69) is 153 Å². The van der Waals surface area contributed by atoms with Crippen molar-refractivity contribution in [3.05, 3.63) is 161 Å². The summed E-state index contributed by atoms with van der Waals surface area (Å²) in [6.45, 7) is 40.7. The summed E-state index contributed by atoms with van der Waals surface area (Å²) in [7, 11) is -10.3. The number of benzene rings is 5. The number of sulfonamides is 2. The van der Waals surface area contributed by atoms with Crippen LogP contribution in [0.25, 0.3) is 54.5 Å². The molecule has 38 nitrogen and oxygen atoms in total. The Morgan fingerprint density at radius 2 is 0.701 bits per heavy atom. The molecule has 0 atom stereocenters. The average Bonchev–Trinajstić information content (AvgIpc) is 1.80. The third-order valence-electron chi connectivity index (χ3n) is 23.4. The van der Waals surface area contributed by atoms with E-state index in [-0.39, 0.29) is 54.8 Å². The maximum Gasteiger partial charge on any atom is 0.474 e. The minimum absolute atomic E-state index is 0. The van der Waals surface area contributed by atoms with Crippen molar-refractivity contribution >= 4 is 179 Å². The van der Waals surface area contributed by atoms with Gasteiger partial charge in [-0.2, -0.15) is 17.4 Å². The lowest BCUT2D eigenvalue weighted by Gasteiger charge is -2.27. The highest BCUT2D eigenvalue weighted by atomic mass is 35.5. The minimum Gasteiger partial charge on any atom is -0.508 e. The van der Waals surface area contributed by atoms with Gasteiger partial charge in [0.1, 0.15) is 83.4 Å². The number of phenols is 2. The van der Waals surface area contributed by atoms with Crippen molar-refractivity contribution in [3.63, 3.8) is 0 Å². The summed E-state index contributed by atoms with van der Waals surface area (Å²) >= 11 is 0. The highest BCUT2D eigenvalue weighted by Gasteiger charge is 2.32. The molecule has 0 radical (unpaired) electrons. The van der Waals surface area contributed by atoms with Gasteiger partial charge in [0.25, 0.3) is 10.2 Å². The minimum atomic E-state index is -4.00. The van der Waals surface area contributed by atoms with Crippen molar-refractivity contribution in [1.29, 1.82) is 0 Å². The van der Waals surface area contributed by atoms with Crippen LogP contribution < -0.4 is 48.5 Å². The van der Waals surface area contributed by atoms with Crippen molar-refractivity contribution < 1.29 is 66.9 Å². The number of carbonyl (C=O) groups is 2. The van der Waals surface area contributed by atoms with Crippen molar-refractivity contribution in [1.82, 2.24) is 77.7 Å².